The first-order valence-corrected chi connectivity index (χ1v) is 11.9. The molecule has 1 fully saturated rings. The smallest absolute Gasteiger partial charge is 0.191 e. The Labute approximate surface area is 217 Å². The van der Waals surface area contributed by atoms with Crippen molar-refractivity contribution in [1.82, 2.24) is 15.5 Å². The van der Waals surface area contributed by atoms with E-state index >= 15 is 0 Å². The van der Waals surface area contributed by atoms with E-state index in [4.69, 9.17) is 0 Å². The Morgan fingerprint density at radius 3 is 2.12 bits per heavy atom. The number of aliphatic hydroxyl groups excluding tert-OH is 1. The van der Waals surface area contributed by atoms with Crippen molar-refractivity contribution < 1.29 is 5.11 Å². The maximum atomic E-state index is 9.67. The van der Waals surface area contributed by atoms with Gasteiger partial charge in [0.25, 0.3) is 0 Å². The summed E-state index contributed by atoms with van der Waals surface area (Å²) in [6.07, 6.45) is 2.72. The number of benzene rings is 2. The van der Waals surface area contributed by atoms with Crippen LogP contribution in [0.3, 0.4) is 0 Å². The number of aryl methyl sites for hydroxylation is 1. The highest BCUT2D eigenvalue weighted by atomic mass is 127. The standard InChI is InChI=1S/C27H40N4O.HI/c1-5-21-10-12-24(13-11-21)27(2,3)20-30-26(28-4)29-18-22-6-8-23(9-7-22)19-31-16-14-25(32)15-17-31;/h6-13,25,32H,5,14-20H2,1-4H3,(H2,28,29,30);1H. The third-order valence-electron chi connectivity index (χ3n) is 6.51. The molecule has 0 aromatic heterocycles. The number of rotatable bonds is 8. The van der Waals surface area contributed by atoms with Crippen LogP contribution in [0.2, 0.25) is 0 Å². The summed E-state index contributed by atoms with van der Waals surface area (Å²) in [4.78, 5) is 6.82. The fraction of sp³-hybridized carbons (Fsp3) is 0.519. The van der Waals surface area contributed by atoms with Gasteiger partial charge in [-0.2, -0.15) is 0 Å². The van der Waals surface area contributed by atoms with Crippen LogP contribution in [-0.2, 0) is 24.9 Å². The Kier molecular flexibility index (Phi) is 11.1. The van der Waals surface area contributed by atoms with Crippen LogP contribution in [0, 0.1) is 0 Å². The number of aliphatic hydroxyl groups is 1. The molecule has 3 N–H and O–H groups in total. The maximum Gasteiger partial charge on any atom is 0.191 e. The lowest BCUT2D eigenvalue weighted by Gasteiger charge is -2.29. The average Bonchev–Trinajstić information content (AvgIpc) is 2.81. The van der Waals surface area contributed by atoms with Gasteiger partial charge in [-0.15, -0.1) is 24.0 Å². The normalized spacial score (nSPS) is 15.7. The molecule has 1 aliphatic rings. The molecule has 182 valence electrons. The van der Waals surface area contributed by atoms with Crippen molar-refractivity contribution in [3.05, 3.63) is 70.8 Å². The van der Waals surface area contributed by atoms with E-state index in [1.165, 1.54) is 22.3 Å². The number of halogens is 1. The van der Waals surface area contributed by atoms with Gasteiger partial charge in [0.15, 0.2) is 5.96 Å². The highest BCUT2D eigenvalue weighted by molar-refractivity contribution is 14.0. The van der Waals surface area contributed by atoms with Crippen LogP contribution >= 0.6 is 24.0 Å². The topological polar surface area (TPSA) is 59.9 Å². The molecule has 2 aromatic carbocycles. The lowest BCUT2D eigenvalue weighted by atomic mass is 9.84. The molecule has 0 bridgehead atoms. The van der Waals surface area contributed by atoms with Crippen LogP contribution in [0.15, 0.2) is 53.5 Å². The summed E-state index contributed by atoms with van der Waals surface area (Å²) in [7, 11) is 1.82. The van der Waals surface area contributed by atoms with Gasteiger partial charge in [0.05, 0.1) is 6.10 Å². The zero-order valence-electron chi connectivity index (χ0n) is 20.6. The molecule has 0 saturated carbocycles. The summed E-state index contributed by atoms with van der Waals surface area (Å²) >= 11 is 0. The van der Waals surface area contributed by atoms with E-state index in [1.54, 1.807) is 0 Å². The Balaban J connectivity index is 0.00000385. The number of guanidine groups is 1. The minimum Gasteiger partial charge on any atom is -0.393 e. The molecular formula is C27H41IN4O. The Morgan fingerprint density at radius 1 is 0.970 bits per heavy atom. The fourth-order valence-corrected chi connectivity index (χ4v) is 4.10. The molecule has 3 rings (SSSR count). The Morgan fingerprint density at radius 2 is 1.55 bits per heavy atom. The van der Waals surface area contributed by atoms with Gasteiger partial charge in [-0.3, -0.25) is 9.89 Å². The van der Waals surface area contributed by atoms with Gasteiger partial charge in [0.2, 0.25) is 0 Å². The van der Waals surface area contributed by atoms with E-state index in [0.717, 1.165) is 57.9 Å². The summed E-state index contributed by atoms with van der Waals surface area (Å²) in [5, 5.41) is 16.6. The van der Waals surface area contributed by atoms with Gasteiger partial charge in [-0.1, -0.05) is 69.3 Å². The summed E-state index contributed by atoms with van der Waals surface area (Å²) in [5.74, 6) is 0.819. The van der Waals surface area contributed by atoms with Gasteiger partial charge in [0, 0.05) is 45.2 Å². The third-order valence-corrected chi connectivity index (χ3v) is 6.51. The van der Waals surface area contributed by atoms with Crippen LogP contribution in [-0.4, -0.2) is 48.8 Å². The van der Waals surface area contributed by atoms with E-state index in [2.05, 4.69) is 89.8 Å². The average molecular weight is 565 g/mol. The molecule has 1 heterocycles. The molecule has 6 heteroatoms. The van der Waals surface area contributed by atoms with Crippen molar-refractivity contribution >= 4 is 29.9 Å². The van der Waals surface area contributed by atoms with Crippen LogP contribution in [0.5, 0.6) is 0 Å². The largest absolute Gasteiger partial charge is 0.393 e. The predicted octanol–water partition coefficient (Wildman–Crippen LogP) is 4.47. The fourth-order valence-electron chi connectivity index (χ4n) is 4.10. The van der Waals surface area contributed by atoms with Crippen LogP contribution < -0.4 is 10.6 Å². The molecule has 0 aliphatic carbocycles. The summed E-state index contributed by atoms with van der Waals surface area (Å²) < 4.78 is 0. The van der Waals surface area contributed by atoms with Crippen LogP contribution in [0.25, 0.3) is 0 Å². The van der Waals surface area contributed by atoms with Crippen molar-refractivity contribution in [1.29, 1.82) is 0 Å². The van der Waals surface area contributed by atoms with Gasteiger partial charge in [-0.05, 0) is 41.5 Å². The van der Waals surface area contributed by atoms with Gasteiger partial charge >= 0.3 is 0 Å². The second-order valence-electron chi connectivity index (χ2n) is 9.54. The number of likely N-dealkylation sites (tertiary alicyclic amines) is 1. The van der Waals surface area contributed by atoms with Gasteiger partial charge in [0.1, 0.15) is 0 Å². The Bertz CT molecular complexity index is 857. The zero-order chi connectivity index (χ0) is 23.0. The van der Waals surface area contributed by atoms with E-state index < -0.39 is 0 Å². The molecule has 0 unspecified atom stereocenters. The molecular weight excluding hydrogens is 523 g/mol. The van der Waals surface area contributed by atoms with E-state index in [1.807, 2.05) is 7.05 Å². The number of nitrogens with one attached hydrogen (secondary N) is 2. The maximum absolute atomic E-state index is 9.67. The molecule has 0 atom stereocenters. The van der Waals surface area contributed by atoms with Crippen molar-refractivity contribution in [3.8, 4) is 0 Å². The first kappa shape index (κ1) is 27.6. The number of aliphatic imine (C=N–C) groups is 1. The van der Waals surface area contributed by atoms with Crippen LogP contribution in [0.1, 0.15) is 55.9 Å². The van der Waals surface area contributed by atoms with Crippen molar-refractivity contribution in [2.24, 2.45) is 4.99 Å². The summed E-state index contributed by atoms with van der Waals surface area (Å²) in [6, 6.07) is 17.7. The summed E-state index contributed by atoms with van der Waals surface area (Å²) in [5.41, 5.74) is 5.27. The number of hydrogen-bond acceptors (Lipinski definition) is 3. The molecule has 0 amide bonds. The second kappa shape index (κ2) is 13.3. The first-order valence-electron chi connectivity index (χ1n) is 11.9. The molecule has 1 aliphatic heterocycles. The minimum absolute atomic E-state index is 0. The lowest BCUT2D eigenvalue weighted by Crippen LogP contribution is -2.43. The SMILES string of the molecule is CCc1ccc(C(C)(C)CNC(=NC)NCc2ccc(CN3CCC(O)CC3)cc2)cc1.I. The quantitative estimate of drug-likeness (QED) is 0.252. The second-order valence-corrected chi connectivity index (χ2v) is 9.54. The minimum atomic E-state index is -0.116. The van der Waals surface area contributed by atoms with E-state index in [9.17, 15) is 5.11 Å². The van der Waals surface area contributed by atoms with Gasteiger partial charge in [-0.25, -0.2) is 0 Å². The van der Waals surface area contributed by atoms with Gasteiger partial charge < -0.3 is 15.7 Å². The van der Waals surface area contributed by atoms with Crippen molar-refractivity contribution in [2.45, 2.75) is 64.6 Å². The Hall–Kier alpha value is -1.64. The van der Waals surface area contributed by atoms with E-state index in [0.29, 0.717) is 0 Å². The number of piperidine rings is 1. The highest BCUT2D eigenvalue weighted by Gasteiger charge is 2.21. The number of nitrogens with zero attached hydrogens (tertiary/aromatic N) is 2. The highest BCUT2D eigenvalue weighted by Crippen LogP contribution is 2.23. The molecule has 0 radical (unpaired) electrons. The third kappa shape index (κ3) is 8.58. The molecule has 5 nitrogen and oxygen atoms in total. The summed E-state index contributed by atoms with van der Waals surface area (Å²) in [6.45, 7) is 11.2. The molecule has 0 spiro atoms. The lowest BCUT2D eigenvalue weighted by molar-refractivity contribution is 0.0792. The first-order chi connectivity index (χ1) is 15.4. The van der Waals surface area contributed by atoms with E-state index in [-0.39, 0.29) is 35.5 Å². The monoisotopic (exact) mass is 564 g/mol. The van der Waals surface area contributed by atoms with Crippen LogP contribution in [0.4, 0.5) is 0 Å². The molecule has 1 saturated heterocycles. The predicted molar refractivity (Wildman–Crippen MR) is 149 cm³/mol. The molecule has 33 heavy (non-hydrogen) atoms. The number of hydrogen-bond donors (Lipinski definition) is 3. The zero-order valence-corrected chi connectivity index (χ0v) is 22.9. The van der Waals surface area contributed by atoms with Crippen molar-refractivity contribution in [2.75, 3.05) is 26.7 Å². The van der Waals surface area contributed by atoms with Crippen molar-refractivity contribution in [3.63, 3.8) is 0 Å². The molecule has 2 aromatic rings.